The molecule has 28 heavy (non-hydrogen) atoms. The zero-order valence-corrected chi connectivity index (χ0v) is 17.4. The van der Waals surface area contributed by atoms with Crippen molar-refractivity contribution in [3.8, 4) is 0 Å². The summed E-state index contributed by atoms with van der Waals surface area (Å²) in [6, 6.07) is 14.1. The van der Waals surface area contributed by atoms with Crippen LogP contribution in [0.4, 0.5) is 0 Å². The van der Waals surface area contributed by atoms with Crippen LogP contribution in [0.3, 0.4) is 0 Å². The van der Waals surface area contributed by atoms with Crippen molar-refractivity contribution in [2.75, 3.05) is 6.54 Å². The first-order valence-electron chi connectivity index (χ1n) is 9.39. The lowest BCUT2D eigenvalue weighted by Crippen LogP contribution is -2.30. The third kappa shape index (κ3) is 5.53. The number of rotatable bonds is 9. The second-order valence-corrected chi connectivity index (χ2v) is 8.24. The molecule has 0 saturated carbocycles. The molecule has 0 bridgehead atoms. The summed E-state index contributed by atoms with van der Waals surface area (Å²) in [5, 5.41) is 11.7. The summed E-state index contributed by atoms with van der Waals surface area (Å²) in [5.41, 5.74) is 3.03. The van der Waals surface area contributed by atoms with Crippen molar-refractivity contribution < 1.29 is 9.59 Å². The standard InChI is InChI=1S/C22H24N2O2S2/c1-2-16-7-9-17(10-8-16)21(19-5-4-13-28-19)24-20(25)6-3-12-23-22(26)18-11-14-27-15-18/h4-5,7-11,13-15,21H,2-3,6,12H2,1H3,(H,23,26)(H,24,25). The van der Waals surface area contributed by atoms with Crippen molar-refractivity contribution in [3.63, 3.8) is 0 Å². The van der Waals surface area contributed by atoms with Gasteiger partial charge in [0, 0.05) is 28.8 Å². The summed E-state index contributed by atoms with van der Waals surface area (Å²) in [4.78, 5) is 25.5. The molecule has 0 aliphatic heterocycles. The first kappa shape index (κ1) is 20.3. The van der Waals surface area contributed by atoms with Gasteiger partial charge >= 0.3 is 0 Å². The first-order chi connectivity index (χ1) is 13.7. The SMILES string of the molecule is CCc1ccc(C(NC(=O)CCCNC(=O)c2ccsc2)c2cccs2)cc1. The minimum atomic E-state index is -0.140. The molecule has 1 aromatic carbocycles. The Morgan fingerprint density at radius 3 is 2.54 bits per heavy atom. The molecular weight excluding hydrogens is 388 g/mol. The number of thiophene rings is 2. The fraction of sp³-hybridized carbons (Fsp3) is 0.273. The van der Waals surface area contributed by atoms with E-state index in [-0.39, 0.29) is 17.9 Å². The van der Waals surface area contributed by atoms with Gasteiger partial charge in [-0.1, -0.05) is 37.3 Å². The summed E-state index contributed by atoms with van der Waals surface area (Å²) >= 11 is 3.13. The molecule has 0 aliphatic rings. The molecule has 2 heterocycles. The maximum atomic E-state index is 12.5. The summed E-state index contributed by atoms with van der Waals surface area (Å²) in [7, 11) is 0. The van der Waals surface area contributed by atoms with Gasteiger partial charge in [-0.05, 0) is 46.9 Å². The Bertz CT molecular complexity index is 872. The Morgan fingerprint density at radius 2 is 1.89 bits per heavy atom. The van der Waals surface area contributed by atoms with Gasteiger partial charge < -0.3 is 10.6 Å². The Morgan fingerprint density at radius 1 is 1.07 bits per heavy atom. The van der Waals surface area contributed by atoms with Crippen LogP contribution >= 0.6 is 22.7 Å². The molecule has 0 radical (unpaired) electrons. The van der Waals surface area contributed by atoms with Crippen LogP contribution in [-0.2, 0) is 11.2 Å². The number of carbonyl (C=O) groups is 2. The van der Waals surface area contributed by atoms with Gasteiger partial charge in [0.2, 0.25) is 5.91 Å². The first-order valence-corrected chi connectivity index (χ1v) is 11.2. The van der Waals surface area contributed by atoms with Crippen molar-refractivity contribution in [1.29, 1.82) is 0 Å². The molecule has 6 heteroatoms. The molecule has 2 N–H and O–H groups in total. The molecule has 0 saturated heterocycles. The van der Waals surface area contributed by atoms with Crippen molar-refractivity contribution in [1.82, 2.24) is 10.6 Å². The number of aryl methyl sites for hydroxylation is 1. The van der Waals surface area contributed by atoms with E-state index in [1.165, 1.54) is 16.9 Å². The lowest BCUT2D eigenvalue weighted by Gasteiger charge is -2.18. The van der Waals surface area contributed by atoms with Crippen molar-refractivity contribution >= 4 is 34.5 Å². The minimum Gasteiger partial charge on any atom is -0.352 e. The normalized spacial score (nSPS) is 11.8. The van der Waals surface area contributed by atoms with Gasteiger partial charge in [0.1, 0.15) is 0 Å². The lowest BCUT2D eigenvalue weighted by molar-refractivity contribution is -0.121. The molecule has 1 unspecified atom stereocenters. The Labute approximate surface area is 173 Å². The molecule has 2 amide bonds. The molecule has 3 aromatic rings. The highest BCUT2D eigenvalue weighted by Crippen LogP contribution is 2.26. The zero-order chi connectivity index (χ0) is 19.8. The van der Waals surface area contributed by atoms with Crippen LogP contribution in [0.1, 0.15) is 52.2 Å². The summed E-state index contributed by atoms with van der Waals surface area (Å²) < 4.78 is 0. The number of amides is 2. The van der Waals surface area contributed by atoms with E-state index in [1.807, 2.05) is 28.3 Å². The number of hydrogen-bond donors (Lipinski definition) is 2. The fourth-order valence-corrected chi connectivity index (χ4v) is 4.34. The Hall–Kier alpha value is -2.44. The van der Waals surface area contributed by atoms with Crippen molar-refractivity contribution in [3.05, 3.63) is 80.2 Å². The summed E-state index contributed by atoms with van der Waals surface area (Å²) in [6.07, 6.45) is 1.97. The highest BCUT2D eigenvalue weighted by molar-refractivity contribution is 7.10. The fourth-order valence-electron chi connectivity index (χ4n) is 2.90. The van der Waals surface area contributed by atoms with Crippen LogP contribution < -0.4 is 10.6 Å². The van der Waals surface area contributed by atoms with Gasteiger partial charge in [-0.3, -0.25) is 9.59 Å². The highest BCUT2D eigenvalue weighted by atomic mass is 32.1. The maximum Gasteiger partial charge on any atom is 0.252 e. The molecule has 0 aliphatic carbocycles. The number of carbonyl (C=O) groups excluding carboxylic acids is 2. The minimum absolute atomic E-state index is 0.0113. The van der Waals surface area contributed by atoms with E-state index in [0.29, 0.717) is 24.9 Å². The predicted octanol–water partition coefficient (Wildman–Crippen LogP) is 4.79. The Balaban J connectivity index is 1.53. The number of nitrogens with one attached hydrogen (secondary N) is 2. The van der Waals surface area contributed by atoms with Crippen LogP contribution in [0.25, 0.3) is 0 Å². The molecule has 0 fully saturated rings. The van der Waals surface area contributed by atoms with E-state index in [0.717, 1.165) is 16.9 Å². The third-order valence-corrected chi connectivity index (χ3v) is 6.12. The molecule has 2 aromatic heterocycles. The number of benzene rings is 1. The van der Waals surface area contributed by atoms with Gasteiger partial charge in [0.05, 0.1) is 6.04 Å². The second kappa shape index (κ2) is 10.2. The van der Waals surface area contributed by atoms with E-state index in [1.54, 1.807) is 17.4 Å². The van der Waals surface area contributed by atoms with E-state index < -0.39 is 0 Å². The van der Waals surface area contributed by atoms with Crippen LogP contribution in [0, 0.1) is 0 Å². The van der Waals surface area contributed by atoms with Gasteiger partial charge in [-0.2, -0.15) is 11.3 Å². The van der Waals surface area contributed by atoms with Crippen LogP contribution in [0.15, 0.2) is 58.6 Å². The van der Waals surface area contributed by atoms with E-state index in [2.05, 4.69) is 41.8 Å². The smallest absolute Gasteiger partial charge is 0.252 e. The largest absolute Gasteiger partial charge is 0.352 e. The highest BCUT2D eigenvalue weighted by Gasteiger charge is 2.17. The maximum absolute atomic E-state index is 12.5. The third-order valence-electron chi connectivity index (χ3n) is 4.50. The molecule has 146 valence electrons. The van der Waals surface area contributed by atoms with Gasteiger partial charge in [0.25, 0.3) is 5.91 Å². The predicted molar refractivity (Wildman–Crippen MR) is 116 cm³/mol. The summed E-state index contributed by atoms with van der Waals surface area (Å²) in [5.74, 6) is -0.100. The zero-order valence-electron chi connectivity index (χ0n) is 15.8. The van der Waals surface area contributed by atoms with E-state index >= 15 is 0 Å². The topological polar surface area (TPSA) is 58.2 Å². The molecule has 1 atom stereocenters. The van der Waals surface area contributed by atoms with Gasteiger partial charge in [0.15, 0.2) is 0 Å². The number of hydrogen-bond acceptors (Lipinski definition) is 4. The van der Waals surface area contributed by atoms with Gasteiger partial charge in [-0.15, -0.1) is 11.3 Å². The quantitative estimate of drug-likeness (QED) is 0.497. The second-order valence-electron chi connectivity index (χ2n) is 6.48. The van der Waals surface area contributed by atoms with Gasteiger partial charge in [-0.25, -0.2) is 0 Å². The monoisotopic (exact) mass is 412 g/mol. The van der Waals surface area contributed by atoms with Crippen molar-refractivity contribution in [2.45, 2.75) is 32.2 Å². The lowest BCUT2D eigenvalue weighted by atomic mass is 10.0. The molecule has 4 nitrogen and oxygen atoms in total. The van der Waals surface area contributed by atoms with E-state index in [9.17, 15) is 9.59 Å². The van der Waals surface area contributed by atoms with E-state index in [4.69, 9.17) is 0 Å². The van der Waals surface area contributed by atoms with Crippen LogP contribution in [-0.4, -0.2) is 18.4 Å². The molecular formula is C22H24N2O2S2. The molecule has 3 rings (SSSR count). The average Bonchev–Trinajstić information content (AvgIpc) is 3.43. The van der Waals surface area contributed by atoms with Crippen LogP contribution in [0.2, 0.25) is 0 Å². The summed E-state index contributed by atoms with van der Waals surface area (Å²) in [6.45, 7) is 2.61. The Kier molecular flexibility index (Phi) is 7.39. The van der Waals surface area contributed by atoms with Crippen LogP contribution in [0.5, 0.6) is 0 Å². The average molecular weight is 413 g/mol. The molecule has 0 spiro atoms. The van der Waals surface area contributed by atoms with Crippen molar-refractivity contribution in [2.24, 2.45) is 0 Å².